The number of rotatable bonds is 1. The van der Waals surface area contributed by atoms with Gasteiger partial charge in [0, 0.05) is 36.0 Å². The third kappa shape index (κ3) is 2.93. The SMILES string of the molecule is CC1(C)CN(C(=O)c2ccncc2Cl)CCS1. The zero-order chi connectivity index (χ0) is 12.5. The van der Waals surface area contributed by atoms with Crippen molar-refractivity contribution in [1.29, 1.82) is 0 Å². The highest BCUT2D eigenvalue weighted by atomic mass is 35.5. The van der Waals surface area contributed by atoms with Gasteiger partial charge in [0.25, 0.3) is 5.91 Å². The molecule has 0 N–H and O–H groups in total. The Balaban J connectivity index is 2.18. The first-order valence-electron chi connectivity index (χ1n) is 5.52. The van der Waals surface area contributed by atoms with E-state index in [1.54, 1.807) is 12.3 Å². The largest absolute Gasteiger partial charge is 0.336 e. The van der Waals surface area contributed by atoms with E-state index in [2.05, 4.69) is 18.8 Å². The maximum Gasteiger partial charge on any atom is 0.255 e. The van der Waals surface area contributed by atoms with E-state index < -0.39 is 0 Å². The molecule has 0 atom stereocenters. The summed E-state index contributed by atoms with van der Waals surface area (Å²) in [6.07, 6.45) is 3.11. The summed E-state index contributed by atoms with van der Waals surface area (Å²) in [6, 6.07) is 1.68. The van der Waals surface area contributed by atoms with E-state index in [1.165, 1.54) is 6.20 Å². The van der Waals surface area contributed by atoms with Crippen LogP contribution >= 0.6 is 23.4 Å². The van der Waals surface area contributed by atoms with Crippen LogP contribution in [0.1, 0.15) is 24.2 Å². The fraction of sp³-hybridized carbons (Fsp3) is 0.500. The van der Waals surface area contributed by atoms with Crippen LogP contribution in [-0.2, 0) is 0 Å². The normalized spacial score (nSPS) is 19.1. The maximum atomic E-state index is 12.3. The van der Waals surface area contributed by atoms with Gasteiger partial charge in [-0.25, -0.2) is 0 Å². The Bertz CT molecular complexity index is 436. The molecular formula is C12H15ClN2OS. The standard InChI is InChI=1S/C12H15ClN2OS/c1-12(2)8-15(5-6-17-12)11(16)9-3-4-14-7-10(9)13/h3-4,7H,5-6,8H2,1-2H3. The number of amides is 1. The molecule has 0 aromatic carbocycles. The molecule has 0 spiro atoms. The molecule has 1 aliphatic heterocycles. The Morgan fingerprint density at radius 1 is 1.59 bits per heavy atom. The Kier molecular flexibility index (Phi) is 3.64. The van der Waals surface area contributed by atoms with Gasteiger partial charge in [-0.2, -0.15) is 11.8 Å². The van der Waals surface area contributed by atoms with Gasteiger partial charge in [-0.3, -0.25) is 9.78 Å². The van der Waals surface area contributed by atoms with Crippen molar-refractivity contribution < 1.29 is 4.79 Å². The molecular weight excluding hydrogens is 256 g/mol. The molecule has 1 fully saturated rings. The number of thioether (sulfide) groups is 1. The van der Waals surface area contributed by atoms with E-state index in [9.17, 15) is 4.79 Å². The summed E-state index contributed by atoms with van der Waals surface area (Å²) in [5, 5.41) is 0.425. The number of halogens is 1. The van der Waals surface area contributed by atoms with Crippen molar-refractivity contribution in [3.05, 3.63) is 29.0 Å². The van der Waals surface area contributed by atoms with E-state index in [1.807, 2.05) is 16.7 Å². The Labute approximate surface area is 111 Å². The highest BCUT2D eigenvalue weighted by molar-refractivity contribution is 8.00. The third-order valence-electron chi connectivity index (χ3n) is 2.72. The molecule has 0 unspecified atom stereocenters. The summed E-state index contributed by atoms with van der Waals surface area (Å²) in [6.45, 7) is 5.86. The van der Waals surface area contributed by atoms with Gasteiger partial charge in [0.05, 0.1) is 10.6 Å². The van der Waals surface area contributed by atoms with Gasteiger partial charge in [0.1, 0.15) is 0 Å². The van der Waals surface area contributed by atoms with Gasteiger partial charge in [-0.15, -0.1) is 0 Å². The molecule has 1 amide bonds. The Morgan fingerprint density at radius 2 is 2.35 bits per heavy atom. The second-order valence-corrected chi connectivity index (χ2v) is 6.90. The van der Waals surface area contributed by atoms with Crippen molar-refractivity contribution in [3.8, 4) is 0 Å². The average molecular weight is 271 g/mol. The van der Waals surface area contributed by atoms with Crippen molar-refractivity contribution in [2.75, 3.05) is 18.8 Å². The van der Waals surface area contributed by atoms with Gasteiger partial charge in [0.15, 0.2) is 0 Å². The smallest absolute Gasteiger partial charge is 0.255 e. The molecule has 3 nitrogen and oxygen atoms in total. The molecule has 1 saturated heterocycles. The van der Waals surface area contributed by atoms with E-state index in [0.717, 1.165) is 18.8 Å². The van der Waals surface area contributed by atoms with E-state index in [-0.39, 0.29) is 10.7 Å². The van der Waals surface area contributed by atoms with Crippen molar-refractivity contribution >= 4 is 29.3 Å². The number of pyridine rings is 1. The number of hydrogen-bond donors (Lipinski definition) is 0. The fourth-order valence-electron chi connectivity index (χ4n) is 1.91. The van der Waals surface area contributed by atoms with Crippen LogP contribution in [0.5, 0.6) is 0 Å². The van der Waals surface area contributed by atoms with E-state index in [4.69, 9.17) is 11.6 Å². The summed E-state index contributed by atoms with van der Waals surface area (Å²) >= 11 is 7.90. The van der Waals surface area contributed by atoms with Crippen molar-refractivity contribution in [3.63, 3.8) is 0 Å². The molecule has 2 rings (SSSR count). The summed E-state index contributed by atoms with van der Waals surface area (Å²) in [5.41, 5.74) is 0.546. The number of hydrogen-bond acceptors (Lipinski definition) is 3. The van der Waals surface area contributed by atoms with Gasteiger partial charge in [-0.05, 0) is 19.9 Å². The second kappa shape index (κ2) is 4.86. The van der Waals surface area contributed by atoms with Crippen molar-refractivity contribution in [2.45, 2.75) is 18.6 Å². The lowest BCUT2D eigenvalue weighted by Gasteiger charge is -2.37. The summed E-state index contributed by atoms with van der Waals surface area (Å²) < 4.78 is 0.118. The summed E-state index contributed by atoms with van der Waals surface area (Å²) in [7, 11) is 0. The van der Waals surface area contributed by atoms with Crippen LogP contribution in [0.25, 0.3) is 0 Å². The molecule has 0 bridgehead atoms. The number of nitrogens with zero attached hydrogens (tertiary/aromatic N) is 2. The van der Waals surface area contributed by atoms with Crippen molar-refractivity contribution in [1.82, 2.24) is 9.88 Å². The topological polar surface area (TPSA) is 33.2 Å². The van der Waals surface area contributed by atoms with E-state index in [0.29, 0.717) is 10.6 Å². The van der Waals surface area contributed by atoms with Crippen LogP contribution in [0.15, 0.2) is 18.5 Å². The molecule has 1 aliphatic rings. The van der Waals surface area contributed by atoms with Crippen molar-refractivity contribution in [2.24, 2.45) is 0 Å². The molecule has 5 heteroatoms. The lowest BCUT2D eigenvalue weighted by molar-refractivity contribution is 0.0748. The molecule has 1 aromatic heterocycles. The highest BCUT2D eigenvalue weighted by Gasteiger charge is 2.30. The van der Waals surface area contributed by atoms with Crippen LogP contribution in [0.4, 0.5) is 0 Å². The molecule has 0 radical (unpaired) electrons. The van der Waals surface area contributed by atoms with Crippen LogP contribution in [0, 0.1) is 0 Å². The monoisotopic (exact) mass is 270 g/mol. The number of aromatic nitrogens is 1. The summed E-state index contributed by atoms with van der Waals surface area (Å²) in [4.78, 5) is 18.1. The van der Waals surface area contributed by atoms with Crippen LogP contribution in [0.2, 0.25) is 5.02 Å². The van der Waals surface area contributed by atoms with Gasteiger partial charge in [-0.1, -0.05) is 11.6 Å². The van der Waals surface area contributed by atoms with Crippen LogP contribution in [-0.4, -0.2) is 39.4 Å². The summed E-state index contributed by atoms with van der Waals surface area (Å²) in [5.74, 6) is 0.979. The minimum Gasteiger partial charge on any atom is -0.336 e. The molecule has 2 heterocycles. The minimum atomic E-state index is 0.00535. The van der Waals surface area contributed by atoms with Crippen LogP contribution in [0.3, 0.4) is 0 Å². The predicted octanol–water partition coefficient (Wildman–Crippen LogP) is 2.70. The highest BCUT2D eigenvalue weighted by Crippen LogP contribution is 2.30. The quantitative estimate of drug-likeness (QED) is 0.787. The molecule has 0 aliphatic carbocycles. The van der Waals surface area contributed by atoms with Gasteiger partial charge < -0.3 is 4.90 Å². The Hall–Kier alpha value is -0.740. The van der Waals surface area contributed by atoms with Crippen LogP contribution < -0.4 is 0 Å². The first kappa shape index (κ1) is 12.7. The first-order valence-corrected chi connectivity index (χ1v) is 6.89. The lowest BCUT2D eigenvalue weighted by Crippen LogP contribution is -2.46. The molecule has 0 saturated carbocycles. The van der Waals surface area contributed by atoms with Gasteiger partial charge in [0.2, 0.25) is 0 Å². The lowest BCUT2D eigenvalue weighted by atomic mass is 10.1. The van der Waals surface area contributed by atoms with E-state index >= 15 is 0 Å². The number of carbonyl (C=O) groups is 1. The second-order valence-electron chi connectivity index (χ2n) is 4.69. The third-order valence-corrected chi connectivity index (χ3v) is 4.31. The maximum absolute atomic E-state index is 12.3. The van der Waals surface area contributed by atoms with Gasteiger partial charge >= 0.3 is 0 Å². The predicted molar refractivity (Wildman–Crippen MR) is 71.7 cm³/mol. The average Bonchev–Trinajstić information content (AvgIpc) is 2.27. The molecule has 1 aromatic rings. The molecule has 92 valence electrons. The number of carbonyl (C=O) groups excluding carboxylic acids is 1. The zero-order valence-electron chi connectivity index (χ0n) is 9.94. The first-order chi connectivity index (χ1) is 7.99. The zero-order valence-corrected chi connectivity index (χ0v) is 11.5. The minimum absolute atomic E-state index is 0.00535. The Morgan fingerprint density at radius 3 is 3.00 bits per heavy atom. The fourth-order valence-corrected chi connectivity index (χ4v) is 3.22. The molecule has 17 heavy (non-hydrogen) atoms.